The van der Waals surface area contributed by atoms with Gasteiger partial charge in [-0.15, -0.1) is 0 Å². The van der Waals surface area contributed by atoms with Crippen molar-refractivity contribution in [2.75, 3.05) is 5.32 Å². The Kier molecular flexibility index (Phi) is 3.23. The van der Waals surface area contributed by atoms with E-state index in [-0.39, 0.29) is 11.7 Å². The molecule has 0 atom stereocenters. The summed E-state index contributed by atoms with van der Waals surface area (Å²) in [6.07, 6.45) is 1.45. The number of aromatic nitrogens is 2. The molecule has 0 spiro atoms. The standard InChI is InChI=1S/C11H9BrFN3O/c1-6-8(5-14-16-6)11(17)15-7-2-3-10(13)9(12)4-7/h2-5H,1H3,(H,14,16)(H,15,17). The molecular formula is C11H9BrFN3O. The second-order valence-electron chi connectivity index (χ2n) is 3.49. The SMILES string of the molecule is Cc1[nH]ncc1C(=O)Nc1ccc(F)c(Br)c1. The zero-order valence-electron chi connectivity index (χ0n) is 8.92. The van der Waals surface area contributed by atoms with Crippen LogP contribution in [0.1, 0.15) is 16.1 Å². The number of hydrogen-bond acceptors (Lipinski definition) is 2. The fraction of sp³-hybridized carbons (Fsp3) is 0.0909. The first-order chi connectivity index (χ1) is 8.08. The number of rotatable bonds is 2. The molecule has 0 saturated carbocycles. The summed E-state index contributed by atoms with van der Waals surface area (Å²) < 4.78 is 13.3. The summed E-state index contributed by atoms with van der Waals surface area (Å²) in [5.74, 6) is -0.655. The highest BCUT2D eigenvalue weighted by Crippen LogP contribution is 2.20. The summed E-state index contributed by atoms with van der Waals surface area (Å²) in [7, 11) is 0. The Balaban J connectivity index is 2.19. The van der Waals surface area contributed by atoms with Crippen molar-refractivity contribution < 1.29 is 9.18 Å². The predicted molar refractivity (Wildman–Crippen MR) is 65.4 cm³/mol. The maximum absolute atomic E-state index is 13.0. The molecule has 0 radical (unpaired) electrons. The number of nitrogens with zero attached hydrogens (tertiary/aromatic N) is 1. The Morgan fingerprint density at radius 3 is 2.88 bits per heavy atom. The van der Waals surface area contributed by atoms with Crippen LogP contribution in [0.3, 0.4) is 0 Å². The number of H-pyrrole nitrogens is 1. The van der Waals surface area contributed by atoms with Crippen LogP contribution in [0.25, 0.3) is 0 Å². The van der Waals surface area contributed by atoms with Gasteiger partial charge in [0.05, 0.1) is 16.2 Å². The molecule has 88 valence electrons. The van der Waals surface area contributed by atoms with E-state index >= 15 is 0 Å². The van der Waals surface area contributed by atoms with Crippen LogP contribution in [0.4, 0.5) is 10.1 Å². The molecule has 0 aliphatic carbocycles. The third-order valence-corrected chi connectivity index (χ3v) is 2.86. The van der Waals surface area contributed by atoms with Gasteiger partial charge in [-0.3, -0.25) is 9.89 Å². The van der Waals surface area contributed by atoms with E-state index in [1.807, 2.05) is 0 Å². The minimum atomic E-state index is -0.373. The molecule has 2 aromatic rings. The summed E-state index contributed by atoms with van der Waals surface area (Å²) in [6.45, 7) is 1.75. The van der Waals surface area contributed by atoms with Crippen molar-refractivity contribution in [3.05, 3.63) is 45.9 Å². The molecule has 2 N–H and O–H groups in total. The van der Waals surface area contributed by atoms with Crippen molar-refractivity contribution in [1.82, 2.24) is 10.2 Å². The lowest BCUT2D eigenvalue weighted by Gasteiger charge is -2.05. The smallest absolute Gasteiger partial charge is 0.259 e. The van der Waals surface area contributed by atoms with Crippen LogP contribution < -0.4 is 5.32 Å². The minimum absolute atomic E-state index is 0.283. The van der Waals surface area contributed by atoms with Crippen molar-refractivity contribution in [3.8, 4) is 0 Å². The molecule has 17 heavy (non-hydrogen) atoms. The van der Waals surface area contributed by atoms with E-state index in [2.05, 4.69) is 31.4 Å². The van der Waals surface area contributed by atoms with Crippen LogP contribution in [0, 0.1) is 12.7 Å². The number of nitrogens with one attached hydrogen (secondary N) is 2. The second kappa shape index (κ2) is 4.67. The van der Waals surface area contributed by atoms with Gasteiger partial charge >= 0.3 is 0 Å². The zero-order chi connectivity index (χ0) is 12.4. The number of carbonyl (C=O) groups is 1. The second-order valence-corrected chi connectivity index (χ2v) is 4.35. The van der Waals surface area contributed by atoms with Crippen LogP contribution in [0.5, 0.6) is 0 Å². The molecule has 0 aliphatic rings. The summed E-state index contributed by atoms with van der Waals surface area (Å²) in [5.41, 5.74) is 1.66. The van der Waals surface area contributed by atoms with Gasteiger partial charge in [-0.25, -0.2) is 4.39 Å². The van der Waals surface area contributed by atoms with Gasteiger partial charge in [0.25, 0.3) is 5.91 Å². The van der Waals surface area contributed by atoms with Gasteiger partial charge < -0.3 is 5.32 Å². The van der Waals surface area contributed by atoms with Crippen molar-refractivity contribution in [2.24, 2.45) is 0 Å². The molecule has 0 unspecified atom stereocenters. The van der Waals surface area contributed by atoms with Gasteiger partial charge in [0.15, 0.2) is 0 Å². The van der Waals surface area contributed by atoms with Gasteiger partial charge in [0.1, 0.15) is 5.82 Å². The monoisotopic (exact) mass is 297 g/mol. The van der Waals surface area contributed by atoms with Crippen molar-refractivity contribution >= 4 is 27.5 Å². The highest BCUT2D eigenvalue weighted by atomic mass is 79.9. The fourth-order valence-corrected chi connectivity index (χ4v) is 1.73. The van der Waals surface area contributed by atoms with Crippen LogP contribution in [-0.2, 0) is 0 Å². The molecule has 0 bridgehead atoms. The quantitative estimate of drug-likeness (QED) is 0.895. The Morgan fingerprint density at radius 2 is 2.29 bits per heavy atom. The number of benzene rings is 1. The molecule has 0 aliphatic heterocycles. The molecule has 1 heterocycles. The molecule has 0 fully saturated rings. The average Bonchev–Trinajstić information content (AvgIpc) is 2.70. The topological polar surface area (TPSA) is 57.8 Å². The molecule has 2 rings (SSSR count). The zero-order valence-corrected chi connectivity index (χ0v) is 10.5. The summed E-state index contributed by atoms with van der Waals surface area (Å²) in [5, 5.41) is 9.09. The normalized spacial score (nSPS) is 10.3. The lowest BCUT2D eigenvalue weighted by molar-refractivity contribution is 0.102. The van der Waals surface area contributed by atoms with Crippen LogP contribution in [0.15, 0.2) is 28.9 Å². The third-order valence-electron chi connectivity index (χ3n) is 2.25. The molecule has 0 saturated heterocycles. The van der Waals surface area contributed by atoms with E-state index in [1.54, 1.807) is 6.92 Å². The van der Waals surface area contributed by atoms with Gasteiger partial charge in [-0.05, 0) is 41.1 Å². The number of amides is 1. The van der Waals surface area contributed by atoms with Crippen molar-refractivity contribution in [3.63, 3.8) is 0 Å². The summed E-state index contributed by atoms with van der Waals surface area (Å²) >= 11 is 3.05. The highest BCUT2D eigenvalue weighted by molar-refractivity contribution is 9.10. The first kappa shape index (κ1) is 11.8. The first-order valence-electron chi connectivity index (χ1n) is 4.84. The van der Waals surface area contributed by atoms with Gasteiger partial charge in [0.2, 0.25) is 0 Å². The summed E-state index contributed by atoms with van der Waals surface area (Å²) in [6, 6.07) is 4.28. The highest BCUT2D eigenvalue weighted by Gasteiger charge is 2.11. The molecule has 6 heteroatoms. The maximum Gasteiger partial charge on any atom is 0.259 e. The van der Waals surface area contributed by atoms with Gasteiger partial charge in [-0.2, -0.15) is 5.10 Å². The number of halogens is 2. The molecular weight excluding hydrogens is 289 g/mol. The van der Waals surface area contributed by atoms with Crippen LogP contribution in [-0.4, -0.2) is 16.1 Å². The van der Waals surface area contributed by atoms with Gasteiger partial charge in [0, 0.05) is 11.4 Å². The van der Waals surface area contributed by atoms with E-state index in [0.717, 1.165) is 0 Å². The average molecular weight is 298 g/mol. The number of hydrogen-bond donors (Lipinski definition) is 2. The first-order valence-corrected chi connectivity index (χ1v) is 5.63. The van der Waals surface area contributed by atoms with Gasteiger partial charge in [-0.1, -0.05) is 0 Å². The van der Waals surface area contributed by atoms with Crippen LogP contribution >= 0.6 is 15.9 Å². The predicted octanol–water partition coefficient (Wildman–Crippen LogP) is 2.87. The van der Waals surface area contributed by atoms with E-state index in [9.17, 15) is 9.18 Å². The third kappa shape index (κ3) is 2.52. The number of carbonyl (C=O) groups excluding carboxylic acids is 1. The van der Waals surface area contributed by atoms with E-state index in [4.69, 9.17) is 0 Å². The fourth-order valence-electron chi connectivity index (χ4n) is 1.35. The van der Waals surface area contributed by atoms with Crippen LogP contribution in [0.2, 0.25) is 0 Å². The molecule has 1 aromatic heterocycles. The molecule has 1 amide bonds. The Bertz CT molecular complexity index is 568. The Labute approximate surface area is 105 Å². The van der Waals surface area contributed by atoms with E-state index < -0.39 is 0 Å². The molecule has 4 nitrogen and oxygen atoms in total. The largest absolute Gasteiger partial charge is 0.322 e. The van der Waals surface area contributed by atoms with Crippen molar-refractivity contribution in [2.45, 2.75) is 6.92 Å². The van der Waals surface area contributed by atoms with E-state index in [0.29, 0.717) is 21.4 Å². The number of aryl methyl sites for hydroxylation is 1. The lowest BCUT2D eigenvalue weighted by Crippen LogP contribution is -2.12. The minimum Gasteiger partial charge on any atom is -0.322 e. The van der Waals surface area contributed by atoms with E-state index in [1.165, 1.54) is 24.4 Å². The lowest BCUT2D eigenvalue weighted by atomic mass is 10.2. The maximum atomic E-state index is 13.0. The van der Waals surface area contributed by atoms with Crippen molar-refractivity contribution in [1.29, 1.82) is 0 Å². The number of aromatic amines is 1. The Hall–Kier alpha value is -1.69. The number of anilines is 1. The summed E-state index contributed by atoms with van der Waals surface area (Å²) in [4.78, 5) is 11.8. The Morgan fingerprint density at radius 1 is 1.53 bits per heavy atom. The molecule has 1 aromatic carbocycles.